The van der Waals surface area contributed by atoms with Crippen molar-refractivity contribution in [3.63, 3.8) is 0 Å². The van der Waals surface area contributed by atoms with Crippen LogP contribution in [0, 0.1) is 0 Å². The molecule has 7 heteroatoms. The molecule has 1 aromatic heterocycles. The van der Waals surface area contributed by atoms with E-state index in [1.54, 1.807) is 19.1 Å². The average Bonchev–Trinajstić information content (AvgIpc) is 2.08. The highest BCUT2D eigenvalue weighted by molar-refractivity contribution is 9.10. The molecule has 0 aliphatic heterocycles. The Balaban J connectivity index is 2.84. The highest BCUT2D eigenvalue weighted by Gasteiger charge is 2.10. The van der Waals surface area contributed by atoms with Crippen molar-refractivity contribution >= 4 is 32.0 Å². The highest BCUT2D eigenvalue weighted by atomic mass is 79.9. The first kappa shape index (κ1) is 11.4. The average molecular weight is 280 g/mol. The summed E-state index contributed by atoms with van der Waals surface area (Å²) in [5.41, 5.74) is 0. The summed E-state index contributed by atoms with van der Waals surface area (Å²) in [6.45, 7) is 2.03. The molecule has 0 amide bonds. The number of halogens is 1. The van der Waals surface area contributed by atoms with Crippen LogP contribution in [-0.4, -0.2) is 19.9 Å². The molecule has 0 aromatic carbocycles. The molecule has 0 aliphatic rings. The second-order valence-electron chi connectivity index (χ2n) is 2.44. The maximum Gasteiger partial charge on any atom is 0.300 e. The maximum atomic E-state index is 11.3. The third-order valence-corrected chi connectivity index (χ3v) is 3.09. The normalized spacial score (nSPS) is 11.3. The van der Waals surface area contributed by atoms with Gasteiger partial charge in [-0.05, 0) is 28.1 Å². The van der Waals surface area contributed by atoms with Gasteiger partial charge in [-0.1, -0.05) is 6.92 Å². The summed E-state index contributed by atoms with van der Waals surface area (Å²) < 4.78 is 27.7. The van der Waals surface area contributed by atoms with Crippen molar-refractivity contribution < 1.29 is 8.42 Å². The van der Waals surface area contributed by atoms with Gasteiger partial charge >= 0.3 is 0 Å². The van der Waals surface area contributed by atoms with E-state index in [1.165, 1.54) is 6.20 Å². The number of nitrogens with one attached hydrogen (secondary N) is 2. The van der Waals surface area contributed by atoms with Crippen LogP contribution in [0.15, 0.2) is 22.8 Å². The first-order valence-corrected chi connectivity index (χ1v) is 6.20. The molecule has 0 fully saturated rings. The van der Waals surface area contributed by atoms with E-state index in [1.807, 2.05) is 0 Å². The standard InChI is InChI=1S/C7H10BrN3O2S/c1-2-10-14(12,13)11-7-6(8)4-3-5-9-7/h3-5,10H,2H2,1H3,(H,9,11). The first-order chi connectivity index (χ1) is 6.55. The Bertz CT molecular complexity index is 407. The van der Waals surface area contributed by atoms with Crippen LogP contribution in [0.3, 0.4) is 0 Å². The second kappa shape index (κ2) is 4.72. The number of hydrogen-bond acceptors (Lipinski definition) is 3. The Morgan fingerprint density at radius 2 is 2.29 bits per heavy atom. The van der Waals surface area contributed by atoms with E-state index in [0.717, 1.165) is 0 Å². The van der Waals surface area contributed by atoms with Gasteiger partial charge in [0.05, 0.1) is 4.47 Å². The van der Waals surface area contributed by atoms with Crippen molar-refractivity contribution in [1.82, 2.24) is 9.71 Å². The number of rotatable bonds is 4. The summed E-state index contributed by atoms with van der Waals surface area (Å²) in [6.07, 6.45) is 1.51. The minimum Gasteiger partial charge on any atom is -0.254 e. The van der Waals surface area contributed by atoms with Gasteiger partial charge in [0.2, 0.25) is 0 Å². The van der Waals surface area contributed by atoms with Crippen molar-refractivity contribution in [2.45, 2.75) is 6.92 Å². The van der Waals surface area contributed by atoms with Crippen LogP contribution in [0.5, 0.6) is 0 Å². The topological polar surface area (TPSA) is 71.1 Å². The predicted molar refractivity (Wildman–Crippen MR) is 58.2 cm³/mol. The van der Waals surface area contributed by atoms with Gasteiger partial charge in [0.1, 0.15) is 0 Å². The van der Waals surface area contributed by atoms with Gasteiger partial charge in [0.15, 0.2) is 5.82 Å². The molecule has 0 bridgehead atoms. The SMILES string of the molecule is CCNS(=O)(=O)Nc1ncccc1Br. The van der Waals surface area contributed by atoms with Gasteiger partial charge in [-0.15, -0.1) is 0 Å². The monoisotopic (exact) mass is 279 g/mol. The number of hydrogen-bond donors (Lipinski definition) is 2. The largest absolute Gasteiger partial charge is 0.300 e. The molecule has 1 aromatic rings. The zero-order valence-corrected chi connectivity index (χ0v) is 9.89. The lowest BCUT2D eigenvalue weighted by Gasteiger charge is -2.07. The fraction of sp³-hybridized carbons (Fsp3) is 0.286. The minimum absolute atomic E-state index is 0.272. The molecule has 0 saturated heterocycles. The van der Waals surface area contributed by atoms with Crippen LogP contribution in [0.1, 0.15) is 6.92 Å². The van der Waals surface area contributed by atoms with E-state index in [-0.39, 0.29) is 5.82 Å². The molecule has 0 atom stereocenters. The van der Waals surface area contributed by atoms with E-state index >= 15 is 0 Å². The van der Waals surface area contributed by atoms with Crippen LogP contribution in [-0.2, 0) is 10.2 Å². The quantitative estimate of drug-likeness (QED) is 0.868. The van der Waals surface area contributed by atoms with Gasteiger partial charge in [-0.3, -0.25) is 4.72 Å². The van der Waals surface area contributed by atoms with Crippen molar-refractivity contribution in [2.75, 3.05) is 11.3 Å². The van der Waals surface area contributed by atoms with Crippen molar-refractivity contribution in [1.29, 1.82) is 0 Å². The minimum atomic E-state index is -3.50. The van der Waals surface area contributed by atoms with E-state index in [9.17, 15) is 8.42 Å². The predicted octanol–water partition coefficient (Wildman–Crippen LogP) is 1.11. The molecule has 0 spiro atoms. The summed E-state index contributed by atoms with van der Waals surface area (Å²) in [6, 6.07) is 3.41. The van der Waals surface area contributed by atoms with Crippen molar-refractivity contribution in [3.8, 4) is 0 Å². The maximum absolute atomic E-state index is 11.3. The third kappa shape index (κ3) is 3.24. The fourth-order valence-electron chi connectivity index (χ4n) is 0.814. The van der Waals surface area contributed by atoms with E-state index in [2.05, 4.69) is 30.4 Å². The lowest BCUT2D eigenvalue weighted by molar-refractivity contribution is 0.589. The van der Waals surface area contributed by atoms with Crippen LogP contribution in [0.2, 0.25) is 0 Å². The zero-order valence-electron chi connectivity index (χ0n) is 7.49. The number of pyridine rings is 1. The Hall–Kier alpha value is -0.660. The Morgan fingerprint density at radius 3 is 2.86 bits per heavy atom. The number of nitrogens with zero attached hydrogens (tertiary/aromatic N) is 1. The molecule has 14 heavy (non-hydrogen) atoms. The first-order valence-electron chi connectivity index (χ1n) is 3.93. The van der Waals surface area contributed by atoms with Crippen molar-refractivity contribution in [2.24, 2.45) is 0 Å². The van der Waals surface area contributed by atoms with Crippen LogP contribution in [0.4, 0.5) is 5.82 Å². The summed E-state index contributed by atoms with van der Waals surface area (Å²) in [4.78, 5) is 3.87. The molecule has 78 valence electrons. The molecule has 0 unspecified atom stereocenters. The lowest BCUT2D eigenvalue weighted by Crippen LogP contribution is -2.30. The molecular weight excluding hydrogens is 270 g/mol. The molecule has 0 saturated carbocycles. The highest BCUT2D eigenvalue weighted by Crippen LogP contribution is 2.18. The van der Waals surface area contributed by atoms with E-state index in [0.29, 0.717) is 11.0 Å². The summed E-state index contributed by atoms with van der Waals surface area (Å²) in [5.74, 6) is 0.272. The second-order valence-corrected chi connectivity index (χ2v) is 4.79. The zero-order chi connectivity index (χ0) is 10.6. The molecule has 5 nitrogen and oxygen atoms in total. The fourth-order valence-corrected chi connectivity index (χ4v) is 2.17. The van der Waals surface area contributed by atoms with E-state index in [4.69, 9.17) is 0 Å². The molecule has 1 heterocycles. The van der Waals surface area contributed by atoms with Gasteiger partial charge < -0.3 is 0 Å². The Labute approximate surface area is 91.2 Å². The van der Waals surface area contributed by atoms with Gasteiger partial charge in [0.25, 0.3) is 10.2 Å². The number of aromatic nitrogens is 1. The van der Waals surface area contributed by atoms with Crippen LogP contribution >= 0.6 is 15.9 Å². The molecular formula is C7H10BrN3O2S. The van der Waals surface area contributed by atoms with Crippen LogP contribution in [0.25, 0.3) is 0 Å². The Kier molecular flexibility index (Phi) is 3.85. The molecule has 2 N–H and O–H groups in total. The molecule has 0 aliphatic carbocycles. The smallest absolute Gasteiger partial charge is 0.254 e. The van der Waals surface area contributed by atoms with Gasteiger partial charge in [-0.2, -0.15) is 13.1 Å². The van der Waals surface area contributed by atoms with Crippen molar-refractivity contribution in [3.05, 3.63) is 22.8 Å². The molecule has 0 radical (unpaired) electrons. The summed E-state index contributed by atoms with van der Waals surface area (Å²) >= 11 is 3.18. The molecule has 1 rings (SSSR count). The van der Waals surface area contributed by atoms with E-state index < -0.39 is 10.2 Å². The lowest BCUT2D eigenvalue weighted by atomic mass is 10.5. The number of anilines is 1. The van der Waals surface area contributed by atoms with Gasteiger partial charge in [-0.25, -0.2) is 4.98 Å². The summed E-state index contributed by atoms with van der Waals surface area (Å²) in [5, 5.41) is 0. The summed E-state index contributed by atoms with van der Waals surface area (Å²) in [7, 11) is -3.50. The third-order valence-electron chi connectivity index (χ3n) is 1.32. The Morgan fingerprint density at radius 1 is 1.57 bits per heavy atom. The van der Waals surface area contributed by atoms with Gasteiger partial charge in [0, 0.05) is 12.7 Å². The van der Waals surface area contributed by atoms with Crippen LogP contribution < -0.4 is 9.44 Å².